The van der Waals surface area contributed by atoms with Crippen LogP contribution in [0.4, 0.5) is 5.69 Å². The third-order valence-corrected chi connectivity index (χ3v) is 6.38. The van der Waals surface area contributed by atoms with E-state index < -0.39 is 15.9 Å². The summed E-state index contributed by atoms with van der Waals surface area (Å²) in [5.74, 6) is 0.815. The Morgan fingerprint density at radius 1 is 1.00 bits per heavy atom. The van der Waals surface area contributed by atoms with E-state index in [4.69, 9.17) is 14.2 Å². The number of anilines is 1. The van der Waals surface area contributed by atoms with Gasteiger partial charge in [-0.15, -0.1) is 0 Å². The normalized spacial score (nSPS) is 12.4. The van der Waals surface area contributed by atoms with E-state index in [1.807, 2.05) is 30.3 Å². The fourth-order valence-corrected chi connectivity index (χ4v) is 4.48. The summed E-state index contributed by atoms with van der Waals surface area (Å²) < 4.78 is 44.2. The Bertz CT molecular complexity index is 1230. The Morgan fingerprint density at radius 2 is 1.78 bits per heavy atom. The second-order valence-corrected chi connectivity index (χ2v) is 8.76. The number of benzene rings is 3. The monoisotopic (exact) mass is 454 g/mol. The number of carbonyl (C=O) groups excluding carboxylic acids is 1. The summed E-state index contributed by atoms with van der Waals surface area (Å²) in [7, 11) is -2.52. The predicted octanol–water partition coefficient (Wildman–Crippen LogP) is 3.20. The number of carbonyl (C=O) groups is 1. The first-order valence-corrected chi connectivity index (χ1v) is 11.4. The summed E-state index contributed by atoms with van der Waals surface area (Å²) in [5.41, 5.74) is 1.69. The van der Waals surface area contributed by atoms with Gasteiger partial charge in [-0.2, -0.15) is 0 Å². The summed E-state index contributed by atoms with van der Waals surface area (Å²) in [6.07, 6.45) is 0.534. The minimum Gasteiger partial charge on any atom is -0.495 e. The fraction of sp³-hybridized carbons (Fsp3) is 0.174. The molecule has 0 aromatic heterocycles. The first-order valence-electron chi connectivity index (χ1n) is 9.89. The Hall–Kier alpha value is -3.56. The Labute approximate surface area is 186 Å². The summed E-state index contributed by atoms with van der Waals surface area (Å²) in [6, 6.07) is 18.8. The van der Waals surface area contributed by atoms with Crippen LogP contribution in [0.1, 0.15) is 15.9 Å². The molecule has 0 unspecified atom stereocenters. The van der Waals surface area contributed by atoms with Crippen molar-refractivity contribution in [1.29, 1.82) is 0 Å². The van der Waals surface area contributed by atoms with Crippen LogP contribution in [-0.4, -0.2) is 34.8 Å². The number of sulfonamides is 1. The molecule has 4 rings (SSSR count). The molecule has 1 aliphatic rings. The molecule has 1 aliphatic heterocycles. The molecule has 0 fully saturated rings. The molecule has 8 nitrogen and oxygen atoms in total. The summed E-state index contributed by atoms with van der Waals surface area (Å²) in [6.45, 7) is 0.340. The molecule has 0 radical (unpaired) electrons. The van der Waals surface area contributed by atoms with Crippen LogP contribution in [-0.2, 0) is 16.4 Å². The highest BCUT2D eigenvalue weighted by Gasteiger charge is 2.22. The SMILES string of the molecule is COc1ccc(C(=O)Nc2ccc3c(c2)OCO3)cc1S(=O)(=O)NCCc1ccccc1. The first kappa shape index (κ1) is 21.7. The lowest BCUT2D eigenvalue weighted by Gasteiger charge is -2.13. The van der Waals surface area contributed by atoms with E-state index in [1.165, 1.54) is 25.3 Å². The van der Waals surface area contributed by atoms with Crippen molar-refractivity contribution in [2.24, 2.45) is 0 Å². The van der Waals surface area contributed by atoms with E-state index in [-0.39, 0.29) is 29.5 Å². The maximum atomic E-state index is 12.9. The summed E-state index contributed by atoms with van der Waals surface area (Å²) in [5, 5.41) is 2.74. The van der Waals surface area contributed by atoms with Gasteiger partial charge in [0.15, 0.2) is 11.5 Å². The lowest BCUT2D eigenvalue weighted by atomic mass is 10.2. The Kier molecular flexibility index (Phi) is 6.29. The first-order chi connectivity index (χ1) is 15.5. The van der Waals surface area contributed by atoms with Gasteiger partial charge in [0.2, 0.25) is 16.8 Å². The zero-order valence-electron chi connectivity index (χ0n) is 17.3. The summed E-state index contributed by atoms with van der Waals surface area (Å²) in [4.78, 5) is 12.6. The molecule has 0 aliphatic carbocycles. The third kappa shape index (κ3) is 4.84. The van der Waals surface area contributed by atoms with Crippen molar-refractivity contribution in [2.75, 3.05) is 25.8 Å². The highest BCUT2D eigenvalue weighted by atomic mass is 32.2. The zero-order valence-corrected chi connectivity index (χ0v) is 18.1. The topological polar surface area (TPSA) is 103 Å². The molecule has 0 saturated carbocycles. The van der Waals surface area contributed by atoms with Crippen molar-refractivity contribution in [2.45, 2.75) is 11.3 Å². The van der Waals surface area contributed by atoms with Crippen LogP contribution in [0, 0.1) is 0 Å². The predicted molar refractivity (Wildman–Crippen MR) is 119 cm³/mol. The van der Waals surface area contributed by atoms with Crippen molar-refractivity contribution in [3.8, 4) is 17.2 Å². The molecule has 2 N–H and O–H groups in total. The largest absolute Gasteiger partial charge is 0.495 e. The van der Waals surface area contributed by atoms with Crippen molar-refractivity contribution in [3.05, 3.63) is 77.9 Å². The number of fused-ring (bicyclic) bond motifs is 1. The number of rotatable bonds is 8. The van der Waals surface area contributed by atoms with Gasteiger partial charge in [-0.05, 0) is 42.3 Å². The number of nitrogens with one attached hydrogen (secondary N) is 2. The maximum absolute atomic E-state index is 12.9. The van der Waals surface area contributed by atoms with Crippen LogP contribution in [0.15, 0.2) is 71.6 Å². The maximum Gasteiger partial charge on any atom is 0.255 e. The molecule has 1 heterocycles. The second kappa shape index (κ2) is 9.29. The molecule has 0 bridgehead atoms. The van der Waals surface area contributed by atoms with Gasteiger partial charge in [0.1, 0.15) is 10.6 Å². The highest BCUT2D eigenvalue weighted by molar-refractivity contribution is 7.89. The van der Waals surface area contributed by atoms with Gasteiger partial charge in [-0.25, -0.2) is 13.1 Å². The van der Waals surface area contributed by atoms with Gasteiger partial charge in [-0.1, -0.05) is 30.3 Å². The molecular weight excluding hydrogens is 432 g/mol. The third-order valence-electron chi connectivity index (χ3n) is 4.89. The standard InChI is InChI=1S/C23H22N2O6S/c1-29-20-9-7-17(23(26)25-18-8-10-19-21(14-18)31-15-30-19)13-22(20)32(27,28)24-12-11-16-5-3-2-4-6-16/h2-10,13-14,24H,11-12,15H2,1H3,(H,25,26). The smallest absolute Gasteiger partial charge is 0.255 e. The van der Waals surface area contributed by atoms with E-state index in [0.717, 1.165) is 5.56 Å². The second-order valence-electron chi connectivity index (χ2n) is 7.02. The highest BCUT2D eigenvalue weighted by Crippen LogP contribution is 2.34. The van der Waals surface area contributed by atoms with Crippen LogP contribution in [0.25, 0.3) is 0 Å². The van der Waals surface area contributed by atoms with Gasteiger partial charge in [0, 0.05) is 23.9 Å². The minimum absolute atomic E-state index is 0.105. The van der Waals surface area contributed by atoms with Crippen LogP contribution in [0.5, 0.6) is 17.2 Å². The molecular formula is C23H22N2O6S. The van der Waals surface area contributed by atoms with E-state index in [2.05, 4.69) is 10.0 Å². The van der Waals surface area contributed by atoms with Crippen LogP contribution >= 0.6 is 0 Å². The lowest BCUT2D eigenvalue weighted by Crippen LogP contribution is -2.27. The van der Waals surface area contributed by atoms with Gasteiger partial charge in [0.25, 0.3) is 5.91 Å². The fourth-order valence-electron chi connectivity index (χ4n) is 3.26. The average molecular weight is 455 g/mol. The molecule has 32 heavy (non-hydrogen) atoms. The van der Waals surface area contributed by atoms with Crippen molar-refractivity contribution < 1.29 is 27.4 Å². The van der Waals surface area contributed by atoms with Crippen LogP contribution < -0.4 is 24.2 Å². The molecule has 0 spiro atoms. The molecule has 0 atom stereocenters. The van der Waals surface area contributed by atoms with Gasteiger partial charge in [0.05, 0.1) is 7.11 Å². The van der Waals surface area contributed by atoms with Crippen molar-refractivity contribution in [3.63, 3.8) is 0 Å². The van der Waals surface area contributed by atoms with Gasteiger partial charge >= 0.3 is 0 Å². The van der Waals surface area contributed by atoms with E-state index in [1.54, 1.807) is 18.2 Å². The summed E-state index contributed by atoms with van der Waals surface area (Å²) >= 11 is 0. The Morgan fingerprint density at radius 3 is 2.56 bits per heavy atom. The molecule has 9 heteroatoms. The zero-order chi connectivity index (χ0) is 22.6. The molecule has 3 aromatic carbocycles. The van der Waals surface area contributed by atoms with E-state index in [0.29, 0.717) is 23.6 Å². The number of ether oxygens (including phenoxy) is 3. The van der Waals surface area contributed by atoms with Crippen LogP contribution in [0.3, 0.4) is 0 Å². The Balaban J connectivity index is 1.50. The molecule has 0 saturated heterocycles. The average Bonchev–Trinajstić information content (AvgIpc) is 3.27. The van der Waals surface area contributed by atoms with Crippen molar-refractivity contribution >= 4 is 21.6 Å². The van der Waals surface area contributed by atoms with E-state index >= 15 is 0 Å². The molecule has 1 amide bonds. The minimum atomic E-state index is -3.90. The van der Waals surface area contributed by atoms with E-state index in [9.17, 15) is 13.2 Å². The number of hydrogen-bond donors (Lipinski definition) is 2. The van der Waals surface area contributed by atoms with Gasteiger partial charge < -0.3 is 19.5 Å². The number of amides is 1. The van der Waals surface area contributed by atoms with Crippen molar-refractivity contribution in [1.82, 2.24) is 4.72 Å². The lowest BCUT2D eigenvalue weighted by molar-refractivity contribution is 0.102. The quantitative estimate of drug-likeness (QED) is 0.542. The number of hydrogen-bond acceptors (Lipinski definition) is 6. The molecule has 3 aromatic rings. The van der Waals surface area contributed by atoms with Crippen LogP contribution in [0.2, 0.25) is 0 Å². The van der Waals surface area contributed by atoms with Gasteiger partial charge in [-0.3, -0.25) is 4.79 Å². The number of methoxy groups -OCH3 is 1. The molecule has 166 valence electrons.